The van der Waals surface area contributed by atoms with Gasteiger partial charge in [-0.15, -0.1) is 0 Å². The van der Waals surface area contributed by atoms with Crippen LogP contribution >= 0.6 is 0 Å². The molecule has 1 aromatic carbocycles. The highest BCUT2D eigenvalue weighted by Crippen LogP contribution is 2.28. The zero-order valence-corrected chi connectivity index (χ0v) is 7.36. The van der Waals surface area contributed by atoms with Crippen LogP contribution in [0.15, 0.2) is 24.3 Å². The Labute approximate surface area is 77.8 Å². The zero-order chi connectivity index (χ0) is 9.10. The highest BCUT2D eigenvalue weighted by atomic mass is 16.5. The summed E-state index contributed by atoms with van der Waals surface area (Å²) >= 11 is 0. The lowest BCUT2D eigenvalue weighted by Crippen LogP contribution is -1.94. The Bertz CT molecular complexity index is 317. The van der Waals surface area contributed by atoms with Crippen molar-refractivity contribution in [1.82, 2.24) is 0 Å². The molecule has 2 heteroatoms. The lowest BCUT2D eigenvalue weighted by molar-refractivity contribution is 0.112. The molecule has 0 aliphatic carbocycles. The van der Waals surface area contributed by atoms with Gasteiger partial charge in [0.15, 0.2) is 0 Å². The zero-order valence-electron chi connectivity index (χ0n) is 7.36. The van der Waals surface area contributed by atoms with Crippen LogP contribution in [-0.4, -0.2) is 6.61 Å². The standard InChI is InChI=1S/C11H11NO/c12-8-9-3-5-10(6-4-9)11-2-1-7-13-11/h3-6,11H,1-2,7H2/t11-/m0/s1. The minimum Gasteiger partial charge on any atom is -0.374 e. The molecule has 1 aliphatic rings. The van der Waals surface area contributed by atoms with E-state index in [9.17, 15) is 0 Å². The minimum absolute atomic E-state index is 0.257. The number of benzene rings is 1. The molecule has 13 heavy (non-hydrogen) atoms. The Morgan fingerprint density at radius 3 is 2.62 bits per heavy atom. The summed E-state index contributed by atoms with van der Waals surface area (Å²) in [6.07, 6.45) is 2.50. The largest absolute Gasteiger partial charge is 0.374 e. The fourth-order valence-corrected chi connectivity index (χ4v) is 1.61. The third-order valence-electron chi connectivity index (χ3n) is 2.34. The average molecular weight is 173 g/mol. The van der Waals surface area contributed by atoms with Crippen LogP contribution in [0.25, 0.3) is 0 Å². The molecular formula is C11H11NO. The maximum atomic E-state index is 8.61. The Morgan fingerprint density at radius 2 is 2.08 bits per heavy atom. The van der Waals surface area contributed by atoms with E-state index in [4.69, 9.17) is 10.00 Å². The molecule has 0 amide bonds. The second-order valence-electron chi connectivity index (χ2n) is 3.24. The Morgan fingerprint density at radius 1 is 1.31 bits per heavy atom. The van der Waals surface area contributed by atoms with Crippen molar-refractivity contribution in [3.63, 3.8) is 0 Å². The Balaban J connectivity index is 2.18. The molecule has 1 fully saturated rings. The molecule has 1 aromatic rings. The molecule has 0 aromatic heterocycles. The highest BCUT2D eigenvalue weighted by molar-refractivity contribution is 5.32. The second-order valence-corrected chi connectivity index (χ2v) is 3.24. The van der Waals surface area contributed by atoms with Gasteiger partial charge in [-0.25, -0.2) is 0 Å². The van der Waals surface area contributed by atoms with E-state index < -0.39 is 0 Å². The number of nitriles is 1. The van der Waals surface area contributed by atoms with Crippen LogP contribution in [0.2, 0.25) is 0 Å². The maximum Gasteiger partial charge on any atom is 0.0991 e. The summed E-state index contributed by atoms with van der Waals surface area (Å²) in [4.78, 5) is 0. The van der Waals surface area contributed by atoms with Crippen LogP contribution in [0.1, 0.15) is 30.1 Å². The van der Waals surface area contributed by atoms with E-state index in [1.54, 1.807) is 0 Å². The van der Waals surface area contributed by atoms with Gasteiger partial charge in [-0.2, -0.15) is 5.26 Å². The molecule has 0 radical (unpaired) electrons. The summed E-state index contributed by atoms with van der Waals surface area (Å²) in [5.41, 5.74) is 1.90. The van der Waals surface area contributed by atoms with Crippen molar-refractivity contribution in [3.05, 3.63) is 35.4 Å². The smallest absolute Gasteiger partial charge is 0.0991 e. The molecule has 0 unspecified atom stereocenters. The van der Waals surface area contributed by atoms with E-state index in [1.165, 1.54) is 5.56 Å². The van der Waals surface area contributed by atoms with Gasteiger partial charge in [-0.3, -0.25) is 0 Å². The van der Waals surface area contributed by atoms with Crippen molar-refractivity contribution in [3.8, 4) is 6.07 Å². The molecule has 0 bridgehead atoms. The topological polar surface area (TPSA) is 33.0 Å². The molecule has 0 spiro atoms. The first kappa shape index (κ1) is 8.28. The molecule has 1 saturated heterocycles. The van der Waals surface area contributed by atoms with Gasteiger partial charge in [-0.05, 0) is 30.5 Å². The lowest BCUT2D eigenvalue weighted by atomic mass is 10.1. The summed E-state index contributed by atoms with van der Waals surface area (Å²) < 4.78 is 5.53. The fourth-order valence-electron chi connectivity index (χ4n) is 1.61. The molecule has 1 atom stereocenters. The van der Waals surface area contributed by atoms with Crippen molar-refractivity contribution in [2.45, 2.75) is 18.9 Å². The molecule has 1 heterocycles. The van der Waals surface area contributed by atoms with Gasteiger partial charge in [0, 0.05) is 6.61 Å². The Kier molecular flexibility index (Phi) is 2.29. The van der Waals surface area contributed by atoms with Crippen LogP contribution in [0.5, 0.6) is 0 Å². The van der Waals surface area contributed by atoms with E-state index in [-0.39, 0.29) is 6.10 Å². The van der Waals surface area contributed by atoms with E-state index in [1.807, 2.05) is 24.3 Å². The predicted molar refractivity (Wildman–Crippen MR) is 49.1 cm³/mol. The van der Waals surface area contributed by atoms with Gasteiger partial charge >= 0.3 is 0 Å². The number of rotatable bonds is 1. The number of hydrogen-bond acceptors (Lipinski definition) is 2. The molecular weight excluding hydrogens is 162 g/mol. The van der Waals surface area contributed by atoms with Crippen LogP contribution in [0, 0.1) is 11.3 Å². The third-order valence-corrected chi connectivity index (χ3v) is 2.34. The van der Waals surface area contributed by atoms with Crippen molar-refractivity contribution in [2.75, 3.05) is 6.61 Å². The maximum absolute atomic E-state index is 8.61. The minimum atomic E-state index is 0.257. The molecule has 0 saturated carbocycles. The van der Waals surface area contributed by atoms with Crippen molar-refractivity contribution in [2.24, 2.45) is 0 Å². The van der Waals surface area contributed by atoms with Crippen molar-refractivity contribution in [1.29, 1.82) is 5.26 Å². The summed E-state index contributed by atoms with van der Waals surface area (Å²) in [7, 11) is 0. The lowest BCUT2D eigenvalue weighted by Gasteiger charge is -2.08. The summed E-state index contributed by atoms with van der Waals surface area (Å²) in [5.74, 6) is 0. The van der Waals surface area contributed by atoms with Gasteiger partial charge in [0.1, 0.15) is 0 Å². The predicted octanol–water partition coefficient (Wildman–Crippen LogP) is 2.41. The first-order valence-electron chi connectivity index (χ1n) is 4.52. The average Bonchev–Trinajstić information content (AvgIpc) is 2.71. The van der Waals surface area contributed by atoms with Gasteiger partial charge in [0.05, 0.1) is 17.7 Å². The van der Waals surface area contributed by atoms with Crippen LogP contribution in [-0.2, 0) is 4.74 Å². The highest BCUT2D eigenvalue weighted by Gasteiger charge is 2.16. The first-order valence-corrected chi connectivity index (χ1v) is 4.52. The SMILES string of the molecule is N#Cc1ccc([C@@H]2CCCO2)cc1. The van der Waals surface area contributed by atoms with E-state index in [2.05, 4.69) is 6.07 Å². The molecule has 0 N–H and O–H groups in total. The van der Waals surface area contributed by atoms with E-state index in [0.717, 1.165) is 19.4 Å². The van der Waals surface area contributed by atoms with Crippen LogP contribution in [0.3, 0.4) is 0 Å². The van der Waals surface area contributed by atoms with Crippen molar-refractivity contribution < 1.29 is 4.74 Å². The number of nitrogens with zero attached hydrogens (tertiary/aromatic N) is 1. The van der Waals surface area contributed by atoms with Crippen molar-refractivity contribution >= 4 is 0 Å². The molecule has 1 aliphatic heterocycles. The molecule has 66 valence electrons. The normalized spacial score (nSPS) is 21.3. The van der Waals surface area contributed by atoms with Gasteiger partial charge in [-0.1, -0.05) is 12.1 Å². The molecule has 2 nitrogen and oxygen atoms in total. The van der Waals surface area contributed by atoms with Gasteiger partial charge in [0.25, 0.3) is 0 Å². The van der Waals surface area contributed by atoms with E-state index >= 15 is 0 Å². The quantitative estimate of drug-likeness (QED) is 0.653. The molecule has 2 rings (SSSR count). The Hall–Kier alpha value is -1.33. The third kappa shape index (κ3) is 1.71. The van der Waals surface area contributed by atoms with E-state index in [0.29, 0.717) is 5.56 Å². The first-order chi connectivity index (χ1) is 6.40. The number of ether oxygens (including phenoxy) is 1. The van der Waals surface area contributed by atoms with Gasteiger partial charge in [0.2, 0.25) is 0 Å². The number of hydrogen-bond donors (Lipinski definition) is 0. The second kappa shape index (κ2) is 3.59. The summed E-state index contributed by atoms with van der Waals surface area (Å²) in [5, 5.41) is 8.61. The fraction of sp³-hybridized carbons (Fsp3) is 0.364. The van der Waals surface area contributed by atoms with Crippen LogP contribution in [0.4, 0.5) is 0 Å². The summed E-state index contributed by atoms with van der Waals surface area (Å²) in [6, 6.07) is 9.75. The monoisotopic (exact) mass is 173 g/mol. The summed E-state index contributed by atoms with van der Waals surface area (Å²) in [6.45, 7) is 0.866. The van der Waals surface area contributed by atoms with Crippen LogP contribution < -0.4 is 0 Å². The van der Waals surface area contributed by atoms with Gasteiger partial charge < -0.3 is 4.74 Å².